The average Bonchev–Trinajstić information content (AvgIpc) is 2.57. The molecule has 0 aromatic carbocycles. The first kappa shape index (κ1) is 7.56. The molecule has 0 bridgehead atoms. The average molecular weight is 155 g/mol. The Kier molecular flexibility index (Phi) is 1.90. The summed E-state index contributed by atoms with van der Waals surface area (Å²) in [4.78, 5) is 0. The second kappa shape index (κ2) is 2.76. The van der Waals surface area contributed by atoms with E-state index in [1.54, 1.807) is 0 Å². The number of ether oxygens (including phenoxy) is 1. The molecule has 2 rings (SSSR count). The molecule has 0 aromatic heterocycles. The Morgan fingerprint density at radius 1 is 1.36 bits per heavy atom. The van der Waals surface area contributed by atoms with E-state index in [1.807, 2.05) is 0 Å². The predicted molar refractivity (Wildman–Crippen MR) is 44.4 cm³/mol. The zero-order valence-electron chi connectivity index (χ0n) is 7.01. The minimum Gasteiger partial charge on any atom is -0.378 e. The first-order valence-corrected chi connectivity index (χ1v) is 4.69. The van der Waals surface area contributed by atoms with Gasteiger partial charge in [0.1, 0.15) is 0 Å². The summed E-state index contributed by atoms with van der Waals surface area (Å²) in [7, 11) is 0. The highest BCUT2D eigenvalue weighted by Gasteiger charge is 2.37. The largest absolute Gasteiger partial charge is 0.378 e. The van der Waals surface area contributed by atoms with Crippen molar-refractivity contribution in [1.29, 1.82) is 0 Å². The minimum atomic E-state index is 0.184. The molecule has 0 aromatic rings. The van der Waals surface area contributed by atoms with Crippen molar-refractivity contribution in [1.82, 2.24) is 0 Å². The second-order valence-corrected chi connectivity index (χ2v) is 4.04. The van der Waals surface area contributed by atoms with Gasteiger partial charge in [-0.25, -0.2) is 0 Å². The maximum absolute atomic E-state index is 5.91. The van der Waals surface area contributed by atoms with Crippen molar-refractivity contribution in [2.24, 2.45) is 5.73 Å². The van der Waals surface area contributed by atoms with E-state index in [-0.39, 0.29) is 5.54 Å². The van der Waals surface area contributed by atoms with E-state index in [9.17, 15) is 0 Å². The van der Waals surface area contributed by atoms with Crippen molar-refractivity contribution in [3.05, 3.63) is 0 Å². The Morgan fingerprint density at radius 2 is 2.09 bits per heavy atom. The van der Waals surface area contributed by atoms with E-state index in [0.29, 0.717) is 6.10 Å². The summed E-state index contributed by atoms with van der Waals surface area (Å²) in [6.07, 6.45) is 7.98. The number of nitrogens with two attached hydrogens (primary N) is 1. The van der Waals surface area contributed by atoms with E-state index >= 15 is 0 Å². The molecule has 11 heavy (non-hydrogen) atoms. The van der Waals surface area contributed by atoms with Crippen LogP contribution in [-0.4, -0.2) is 18.2 Å². The van der Waals surface area contributed by atoms with Gasteiger partial charge in [0.15, 0.2) is 0 Å². The van der Waals surface area contributed by atoms with Gasteiger partial charge in [0.2, 0.25) is 0 Å². The summed E-state index contributed by atoms with van der Waals surface area (Å²) >= 11 is 0. The van der Waals surface area contributed by atoms with Gasteiger partial charge in [0.05, 0.1) is 6.10 Å². The lowest BCUT2D eigenvalue weighted by Gasteiger charge is -2.26. The van der Waals surface area contributed by atoms with Gasteiger partial charge in [0, 0.05) is 12.1 Å². The monoisotopic (exact) mass is 155 g/mol. The number of hydrogen-bond acceptors (Lipinski definition) is 2. The molecule has 2 aliphatic rings. The number of hydrogen-bond donors (Lipinski definition) is 1. The lowest BCUT2D eigenvalue weighted by Crippen LogP contribution is -2.27. The standard InChI is InChI=1S/C9H17NO/c10-9(4-5-9)6-7-11-8-2-1-3-8/h8H,1-7,10H2. The molecular formula is C9H17NO. The van der Waals surface area contributed by atoms with Gasteiger partial charge in [0.25, 0.3) is 0 Å². The molecule has 0 heterocycles. The molecular weight excluding hydrogens is 138 g/mol. The van der Waals surface area contributed by atoms with Crippen LogP contribution in [0.2, 0.25) is 0 Å². The maximum Gasteiger partial charge on any atom is 0.0575 e. The zero-order valence-corrected chi connectivity index (χ0v) is 7.01. The van der Waals surface area contributed by atoms with Crippen molar-refractivity contribution in [2.45, 2.75) is 50.2 Å². The molecule has 0 amide bonds. The Balaban J connectivity index is 1.53. The zero-order chi connectivity index (χ0) is 7.73. The highest BCUT2D eigenvalue weighted by atomic mass is 16.5. The molecule has 2 heteroatoms. The van der Waals surface area contributed by atoms with Crippen LogP contribution >= 0.6 is 0 Å². The van der Waals surface area contributed by atoms with Crippen molar-refractivity contribution < 1.29 is 4.74 Å². The third kappa shape index (κ3) is 1.94. The first-order chi connectivity index (χ1) is 5.29. The Morgan fingerprint density at radius 3 is 2.55 bits per heavy atom. The van der Waals surface area contributed by atoms with Crippen LogP contribution in [0.15, 0.2) is 0 Å². The van der Waals surface area contributed by atoms with Gasteiger partial charge in [-0.15, -0.1) is 0 Å². The van der Waals surface area contributed by atoms with Crippen molar-refractivity contribution >= 4 is 0 Å². The molecule has 2 saturated carbocycles. The molecule has 2 N–H and O–H groups in total. The smallest absolute Gasteiger partial charge is 0.0575 e. The normalized spacial score (nSPS) is 28.1. The lowest BCUT2D eigenvalue weighted by atomic mass is 9.96. The van der Waals surface area contributed by atoms with Crippen LogP contribution in [-0.2, 0) is 4.74 Å². The molecule has 0 radical (unpaired) electrons. The molecule has 64 valence electrons. The van der Waals surface area contributed by atoms with Gasteiger partial charge in [-0.3, -0.25) is 0 Å². The summed E-state index contributed by atoms with van der Waals surface area (Å²) in [6, 6.07) is 0. The molecule has 0 aliphatic heterocycles. The Hall–Kier alpha value is -0.0800. The predicted octanol–water partition coefficient (Wildman–Crippen LogP) is 1.44. The molecule has 0 atom stereocenters. The highest BCUT2D eigenvalue weighted by molar-refractivity contribution is 4.98. The fourth-order valence-electron chi connectivity index (χ4n) is 1.38. The van der Waals surface area contributed by atoms with E-state index in [1.165, 1.54) is 32.1 Å². The van der Waals surface area contributed by atoms with Crippen LogP contribution in [0.1, 0.15) is 38.5 Å². The SMILES string of the molecule is NC1(CCOC2CCC2)CC1. The second-order valence-electron chi connectivity index (χ2n) is 4.04. The molecule has 0 unspecified atom stereocenters. The molecule has 2 aliphatic carbocycles. The summed E-state index contributed by atoms with van der Waals surface area (Å²) in [5, 5.41) is 0. The summed E-state index contributed by atoms with van der Waals surface area (Å²) in [6.45, 7) is 0.890. The van der Waals surface area contributed by atoms with Gasteiger partial charge in [-0.2, -0.15) is 0 Å². The Labute approximate surface area is 68.1 Å². The van der Waals surface area contributed by atoms with Crippen LogP contribution in [0, 0.1) is 0 Å². The van der Waals surface area contributed by atoms with Crippen molar-refractivity contribution in [2.75, 3.05) is 6.61 Å². The van der Waals surface area contributed by atoms with Crippen LogP contribution in [0.4, 0.5) is 0 Å². The van der Waals surface area contributed by atoms with E-state index in [0.717, 1.165) is 13.0 Å². The van der Waals surface area contributed by atoms with E-state index < -0.39 is 0 Å². The van der Waals surface area contributed by atoms with Crippen LogP contribution < -0.4 is 5.73 Å². The minimum absolute atomic E-state index is 0.184. The van der Waals surface area contributed by atoms with Gasteiger partial charge in [-0.1, -0.05) is 0 Å². The van der Waals surface area contributed by atoms with E-state index in [2.05, 4.69) is 0 Å². The van der Waals surface area contributed by atoms with Gasteiger partial charge >= 0.3 is 0 Å². The summed E-state index contributed by atoms with van der Waals surface area (Å²) < 4.78 is 5.61. The van der Waals surface area contributed by atoms with Crippen LogP contribution in [0.25, 0.3) is 0 Å². The van der Waals surface area contributed by atoms with E-state index in [4.69, 9.17) is 10.5 Å². The summed E-state index contributed by atoms with van der Waals surface area (Å²) in [5.41, 5.74) is 6.10. The lowest BCUT2D eigenvalue weighted by molar-refractivity contribution is -0.00141. The molecule has 2 fully saturated rings. The van der Waals surface area contributed by atoms with Crippen molar-refractivity contribution in [3.8, 4) is 0 Å². The maximum atomic E-state index is 5.91. The topological polar surface area (TPSA) is 35.2 Å². The van der Waals surface area contributed by atoms with Gasteiger partial charge in [-0.05, 0) is 38.5 Å². The molecule has 0 spiro atoms. The van der Waals surface area contributed by atoms with Gasteiger partial charge < -0.3 is 10.5 Å². The Bertz CT molecular complexity index is 138. The fraction of sp³-hybridized carbons (Fsp3) is 1.00. The van der Waals surface area contributed by atoms with Crippen molar-refractivity contribution in [3.63, 3.8) is 0 Å². The van der Waals surface area contributed by atoms with Crippen LogP contribution in [0.5, 0.6) is 0 Å². The summed E-state index contributed by atoms with van der Waals surface area (Å²) in [5.74, 6) is 0. The quantitative estimate of drug-likeness (QED) is 0.666. The third-order valence-corrected chi connectivity index (χ3v) is 2.90. The molecule has 2 nitrogen and oxygen atoms in total. The van der Waals surface area contributed by atoms with Crippen LogP contribution in [0.3, 0.4) is 0 Å². The first-order valence-electron chi connectivity index (χ1n) is 4.69. The highest BCUT2D eigenvalue weighted by Crippen LogP contribution is 2.35. The third-order valence-electron chi connectivity index (χ3n) is 2.90. The fourth-order valence-corrected chi connectivity index (χ4v) is 1.38. The molecule has 0 saturated heterocycles. The number of rotatable bonds is 4.